The Bertz CT molecular complexity index is 472. The first-order chi connectivity index (χ1) is 8.97. The largest absolute Gasteiger partial charge is 0.508 e. The van der Waals surface area contributed by atoms with Gasteiger partial charge in [0, 0.05) is 0 Å². The molecule has 1 rings (SSSR count). The second kappa shape index (κ2) is 6.63. The van der Waals surface area contributed by atoms with E-state index in [1.165, 1.54) is 19.1 Å². The molecule has 6 nitrogen and oxygen atoms in total. The highest BCUT2D eigenvalue weighted by molar-refractivity contribution is 5.77. The number of phenolic OH excluding ortho intramolecular Hbond substituents is 1. The van der Waals surface area contributed by atoms with E-state index < -0.39 is 12.1 Å². The monoisotopic (exact) mass is 267 g/mol. The molecular formula is C13H17NO5. The molecule has 0 aromatic heterocycles. The Labute approximate surface area is 111 Å². The lowest BCUT2D eigenvalue weighted by Crippen LogP contribution is -2.35. The zero-order valence-electron chi connectivity index (χ0n) is 11.2. The molecule has 0 fully saturated rings. The molecular weight excluding hydrogens is 250 g/mol. The number of aromatic hydroxyl groups is 1. The number of hydrogen-bond donors (Lipinski definition) is 1. The fourth-order valence-electron chi connectivity index (χ4n) is 1.57. The van der Waals surface area contributed by atoms with E-state index in [-0.39, 0.29) is 18.8 Å². The van der Waals surface area contributed by atoms with Crippen molar-refractivity contribution in [3.05, 3.63) is 29.3 Å². The highest BCUT2D eigenvalue weighted by Crippen LogP contribution is 2.18. The van der Waals surface area contributed by atoms with Gasteiger partial charge in [0.05, 0.1) is 20.8 Å². The minimum atomic E-state index is -0.631. The van der Waals surface area contributed by atoms with Crippen LogP contribution in [0.15, 0.2) is 18.2 Å². The third kappa shape index (κ3) is 4.17. The third-order valence-electron chi connectivity index (χ3n) is 2.67. The summed E-state index contributed by atoms with van der Waals surface area (Å²) in [6.45, 7) is 1.79. The van der Waals surface area contributed by atoms with E-state index in [1.807, 2.05) is 6.92 Å². The van der Waals surface area contributed by atoms with Crippen LogP contribution in [0.25, 0.3) is 0 Å². The number of benzene rings is 1. The van der Waals surface area contributed by atoms with E-state index >= 15 is 0 Å². The molecule has 104 valence electrons. The van der Waals surface area contributed by atoms with E-state index in [1.54, 1.807) is 18.2 Å². The van der Waals surface area contributed by atoms with Crippen LogP contribution < -0.4 is 0 Å². The molecule has 0 aliphatic heterocycles. The predicted molar refractivity (Wildman–Crippen MR) is 67.7 cm³/mol. The summed E-state index contributed by atoms with van der Waals surface area (Å²) < 4.78 is 9.15. The number of methoxy groups -OCH3 is 2. The lowest BCUT2D eigenvalue weighted by atomic mass is 10.1. The number of rotatable bonds is 4. The normalized spacial score (nSPS) is 9.84. The number of ether oxygens (including phenoxy) is 2. The van der Waals surface area contributed by atoms with Gasteiger partial charge >= 0.3 is 12.1 Å². The average molecular weight is 267 g/mol. The highest BCUT2D eigenvalue weighted by atomic mass is 16.5. The summed E-state index contributed by atoms with van der Waals surface area (Å²) >= 11 is 0. The second-order valence-electron chi connectivity index (χ2n) is 4.01. The van der Waals surface area contributed by atoms with Crippen LogP contribution in [0.2, 0.25) is 0 Å². The summed E-state index contributed by atoms with van der Waals surface area (Å²) in [4.78, 5) is 24.1. The zero-order valence-corrected chi connectivity index (χ0v) is 11.2. The minimum Gasteiger partial charge on any atom is -0.508 e. The average Bonchev–Trinajstić information content (AvgIpc) is 2.40. The number of hydrogen-bond acceptors (Lipinski definition) is 5. The first-order valence-corrected chi connectivity index (χ1v) is 5.66. The molecule has 0 atom stereocenters. The van der Waals surface area contributed by atoms with Gasteiger partial charge < -0.3 is 14.6 Å². The number of amides is 1. The van der Waals surface area contributed by atoms with Crippen LogP contribution in [0, 0.1) is 6.92 Å². The van der Waals surface area contributed by atoms with Gasteiger partial charge in [0.2, 0.25) is 0 Å². The first kappa shape index (κ1) is 14.8. The smallest absolute Gasteiger partial charge is 0.410 e. The molecule has 0 bridgehead atoms. The number of carbonyl (C=O) groups excluding carboxylic acids is 2. The maximum Gasteiger partial charge on any atom is 0.410 e. The van der Waals surface area contributed by atoms with Crippen LogP contribution in [-0.2, 0) is 20.8 Å². The van der Waals surface area contributed by atoms with Crippen molar-refractivity contribution in [1.82, 2.24) is 4.90 Å². The standard InChI is InChI=1S/C13H17NO5/c1-9-4-5-11(15)6-10(9)7-14(13(17)19-3)8-12(16)18-2/h4-6,15H,7-8H2,1-3H3. The van der Waals surface area contributed by atoms with Gasteiger partial charge in [-0.3, -0.25) is 9.69 Å². The van der Waals surface area contributed by atoms with Crippen LogP contribution in [0.1, 0.15) is 11.1 Å². The van der Waals surface area contributed by atoms with Crippen molar-refractivity contribution >= 4 is 12.1 Å². The van der Waals surface area contributed by atoms with E-state index in [0.29, 0.717) is 0 Å². The van der Waals surface area contributed by atoms with Crippen molar-refractivity contribution in [3.8, 4) is 5.75 Å². The Balaban J connectivity index is 2.90. The summed E-state index contributed by atoms with van der Waals surface area (Å²) in [6, 6.07) is 4.84. The summed E-state index contributed by atoms with van der Waals surface area (Å²) in [5.41, 5.74) is 1.63. The Hall–Kier alpha value is -2.24. The molecule has 6 heteroatoms. The number of aryl methyl sites for hydroxylation is 1. The topological polar surface area (TPSA) is 76.1 Å². The number of nitrogens with zero attached hydrogens (tertiary/aromatic N) is 1. The van der Waals surface area contributed by atoms with Gasteiger partial charge in [0.25, 0.3) is 0 Å². The molecule has 1 amide bonds. The van der Waals surface area contributed by atoms with Crippen molar-refractivity contribution in [3.63, 3.8) is 0 Å². The minimum absolute atomic E-state index is 0.100. The predicted octanol–water partition coefficient (Wildman–Crippen LogP) is 1.44. The van der Waals surface area contributed by atoms with Crippen molar-refractivity contribution in [2.75, 3.05) is 20.8 Å². The fourth-order valence-corrected chi connectivity index (χ4v) is 1.57. The lowest BCUT2D eigenvalue weighted by Gasteiger charge is -2.20. The Morgan fingerprint density at radius 1 is 1.26 bits per heavy atom. The van der Waals surface area contributed by atoms with E-state index in [9.17, 15) is 14.7 Å². The molecule has 0 saturated heterocycles. The van der Waals surface area contributed by atoms with Gasteiger partial charge in [-0.05, 0) is 30.2 Å². The van der Waals surface area contributed by atoms with Crippen LogP contribution in [0.4, 0.5) is 4.79 Å². The molecule has 0 unspecified atom stereocenters. The maximum atomic E-state index is 11.6. The molecule has 1 N–H and O–H groups in total. The second-order valence-corrected chi connectivity index (χ2v) is 4.01. The fraction of sp³-hybridized carbons (Fsp3) is 0.385. The molecule has 0 aliphatic rings. The summed E-state index contributed by atoms with van der Waals surface area (Å²) in [7, 11) is 2.49. The summed E-state index contributed by atoms with van der Waals surface area (Å²) in [6.07, 6.45) is -0.631. The van der Waals surface area contributed by atoms with Crippen molar-refractivity contribution < 1.29 is 24.2 Å². The van der Waals surface area contributed by atoms with E-state index in [4.69, 9.17) is 0 Å². The van der Waals surface area contributed by atoms with Gasteiger partial charge in [-0.1, -0.05) is 6.07 Å². The van der Waals surface area contributed by atoms with Crippen molar-refractivity contribution in [2.24, 2.45) is 0 Å². The molecule has 0 heterocycles. The summed E-state index contributed by atoms with van der Waals surface area (Å²) in [5, 5.41) is 9.45. The molecule has 19 heavy (non-hydrogen) atoms. The molecule has 0 aliphatic carbocycles. The van der Waals surface area contributed by atoms with E-state index in [0.717, 1.165) is 11.1 Å². The number of carbonyl (C=O) groups is 2. The molecule has 0 radical (unpaired) electrons. The Kier molecular flexibility index (Phi) is 5.17. The van der Waals surface area contributed by atoms with Crippen LogP contribution in [0.3, 0.4) is 0 Å². The van der Waals surface area contributed by atoms with Crippen LogP contribution in [-0.4, -0.2) is 42.8 Å². The first-order valence-electron chi connectivity index (χ1n) is 5.66. The molecule has 0 saturated carbocycles. The SMILES string of the molecule is COC(=O)CN(Cc1cc(O)ccc1C)C(=O)OC. The molecule has 1 aromatic carbocycles. The van der Waals surface area contributed by atoms with Crippen molar-refractivity contribution in [1.29, 1.82) is 0 Å². The van der Waals surface area contributed by atoms with Gasteiger partial charge in [0.15, 0.2) is 0 Å². The Morgan fingerprint density at radius 2 is 1.95 bits per heavy atom. The van der Waals surface area contributed by atoms with Gasteiger partial charge in [-0.2, -0.15) is 0 Å². The maximum absolute atomic E-state index is 11.6. The van der Waals surface area contributed by atoms with Crippen molar-refractivity contribution in [2.45, 2.75) is 13.5 Å². The number of phenols is 1. The summed E-state index contributed by atoms with van der Waals surface area (Å²) in [5.74, 6) is -0.438. The van der Waals surface area contributed by atoms with Crippen LogP contribution >= 0.6 is 0 Å². The zero-order chi connectivity index (χ0) is 14.4. The van der Waals surface area contributed by atoms with Gasteiger partial charge in [-0.25, -0.2) is 4.79 Å². The highest BCUT2D eigenvalue weighted by Gasteiger charge is 2.19. The Morgan fingerprint density at radius 3 is 2.53 bits per heavy atom. The molecule has 1 aromatic rings. The van der Waals surface area contributed by atoms with Crippen LogP contribution in [0.5, 0.6) is 5.75 Å². The number of esters is 1. The van der Waals surface area contributed by atoms with E-state index in [2.05, 4.69) is 9.47 Å². The van der Waals surface area contributed by atoms with Gasteiger partial charge in [-0.15, -0.1) is 0 Å². The lowest BCUT2D eigenvalue weighted by molar-refractivity contribution is -0.141. The molecule has 0 spiro atoms. The van der Waals surface area contributed by atoms with Gasteiger partial charge in [0.1, 0.15) is 12.3 Å². The third-order valence-corrected chi connectivity index (χ3v) is 2.67. The quantitative estimate of drug-likeness (QED) is 0.835.